The Morgan fingerprint density at radius 2 is 0.750 bits per heavy atom. The topological polar surface area (TPSA) is 38.7 Å². The van der Waals surface area contributed by atoms with Gasteiger partial charge in [-0.05, 0) is 73.8 Å². The summed E-state index contributed by atoms with van der Waals surface area (Å²) in [5, 5.41) is 12.6. The number of fused-ring (bicyclic) bond motifs is 12. The fourth-order valence-electron chi connectivity index (χ4n) is 8.58. The second kappa shape index (κ2) is 12.4. The van der Waals surface area contributed by atoms with Crippen LogP contribution in [0.5, 0.6) is 0 Å². The molecule has 0 aliphatic rings. The molecule has 12 aromatic rings. The van der Waals surface area contributed by atoms with Crippen molar-refractivity contribution < 1.29 is 0 Å². The van der Waals surface area contributed by atoms with Crippen LogP contribution in [0.15, 0.2) is 176 Å². The molecule has 56 heavy (non-hydrogen) atoms. The van der Waals surface area contributed by atoms with Gasteiger partial charge in [-0.2, -0.15) is 0 Å². The molecule has 0 saturated heterocycles. The quantitative estimate of drug-likeness (QED) is 0.168. The number of hydrogen-bond acceptors (Lipinski definition) is 5. The third-order valence-corrected chi connectivity index (χ3v) is 13.4. The molecule has 0 amide bonds. The second-order valence-electron chi connectivity index (χ2n) is 14.3. The minimum absolute atomic E-state index is 0.664. The van der Waals surface area contributed by atoms with E-state index in [1.807, 2.05) is 29.5 Å². The summed E-state index contributed by atoms with van der Waals surface area (Å²) in [6.45, 7) is 0. The molecule has 5 heteroatoms. The molecule has 0 radical (unpaired) electrons. The van der Waals surface area contributed by atoms with Crippen molar-refractivity contribution in [1.82, 2.24) is 15.0 Å². The molecule has 3 nitrogen and oxygen atoms in total. The van der Waals surface area contributed by atoms with Crippen LogP contribution in [0.1, 0.15) is 0 Å². The fourth-order valence-corrected chi connectivity index (χ4v) is 10.9. The van der Waals surface area contributed by atoms with Gasteiger partial charge in [0.25, 0.3) is 0 Å². The van der Waals surface area contributed by atoms with Gasteiger partial charge in [-0.3, -0.25) is 0 Å². The molecule has 12 rings (SSSR count). The third-order valence-electron chi connectivity index (χ3n) is 11.1. The zero-order valence-electron chi connectivity index (χ0n) is 29.9. The van der Waals surface area contributed by atoms with Gasteiger partial charge in [-0.15, -0.1) is 22.7 Å². The first kappa shape index (κ1) is 31.5. The summed E-state index contributed by atoms with van der Waals surface area (Å²) in [7, 11) is 0. The summed E-state index contributed by atoms with van der Waals surface area (Å²) in [6, 6.07) is 63.2. The van der Waals surface area contributed by atoms with Gasteiger partial charge in [0.1, 0.15) is 0 Å². The van der Waals surface area contributed by atoms with E-state index in [0.29, 0.717) is 17.5 Å². The lowest BCUT2D eigenvalue weighted by molar-refractivity contribution is 1.08. The molecule has 9 aromatic carbocycles. The summed E-state index contributed by atoms with van der Waals surface area (Å²) < 4.78 is 4.95. The van der Waals surface area contributed by atoms with Gasteiger partial charge in [0.05, 0.1) is 0 Å². The van der Waals surface area contributed by atoms with Crippen molar-refractivity contribution in [3.8, 4) is 45.3 Å². The van der Waals surface area contributed by atoms with Gasteiger partial charge in [-0.25, -0.2) is 15.0 Å². The maximum atomic E-state index is 5.22. The number of nitrogens with zero attached hydrogens (tertiary/aromatic N) is 3. The lowest BCUT2D eigenvalue weighted by atomic mass is 9.91. The highest BCUT2D eigenvalue weighted by atomic mass is 32.1. The van der Waals surface area contributed by atoms with Crippen LogP contribution in [0.25, 0.3) is 118 Å². The van der Waals surface area contributed by atoms with Crippen LogP contribution in [-0.2, 0) is 0 Å². The van der Waals surface area contributed by atoms with Crippen LogP contribution in [-0.4, -0.2) is 15.0 Å². The number of thiophene rings is 2. The summed E-state index contributed by atoms with van der Waals surface area (Å²) in [5.74, 6) is 2.01. The molecule has 0 fully saturated rings. The van der Waals surface area contributed by atoms with Crippen LogP contribution < -0.4 is 0 Å². The lowest BCUT2D eigenvalue weighted by Gasteiger charge is -2.12. The van der Waals surface area contributed by atoms with Crippen LogP contribution in [0.2, 0.25) is 0 Å². The molecule has 0 saturated carbocycles. The molecule has 0 bridgehead atoms. The van der Waals surface area contributed by atoms with Crippen LogP contribution in [0, 0.1) is 0 Å². The smallest absolute Gasteiger partial charge is 0.164 e. The van der Waals surface area contributed by atoms with E-state index >= 15 is 0 Å². The highest BCUT2D eigenvalue weighted by Gasteiger charge is 2.19. The van der Waals surface area contributed by atoms with E-state index < -0.39 is 0 Å². The Bertz CT molecular complexity index is 3510. The van der Waals surface area contributed by atoms with Gasteiger partial charge in [0.15, 0.2) is 17.5 Å². The first-order valence-corrected chi connectivity index (χ1v) is 20.4. The molecule has 3 heterocycles. The Morgan fingerprint density at radius 1 is 0.268 bits per heavy atom. The molecule has 0 N–H and O–H groups in total. The van der Waals surface area contributed by atoms with E-state index in [2.05, 4.69) is 158 Å². The van der Waals surface area contributed by atoms with E-state index in [0.717, 1.165) is 16.7 Å². The maximum Gasteiger partial charge on any atom is 0.164 e. The predicted molar refractivity (Wildman–Crippen MR) is 240 cm³/mol. The lowest BCUT2D eigenvalue weighted by Crippen LogP contribution is -2.00. The van der Waals surface area contributed by atoms with Crippen molar-refractivity contribution in [2.24, 2.45) is 0 Å². The van der Waals surface area contributed by atoms with Gasteiger partial charge >= 0.3 is 0 Å². The minimum Gasteiger partial charge on any atom is -0.208 e. The zero-order chi connectivity index (χ0) is 36.7. The van der Waals surface area contributed by atoms with Gasteiger partial charge < -0.3 is 0 Å². The number of hydrogen-bond donors (Lipinski definition) is 0. The normalized spacial score (nSPS) is 11.9. The monoisotopic (exact) mass is 747 g/mol. The number of rotatable bonds is 4. The van der Waals surface area contributed by atoms with Crippen LogP contribution in [0.4, 0.5) is 0 Å². The van der Waals surface area contributed by atoms with E-state index in [1.165, 1.54) is 83.8 Å². The Kier molecular flexibility index (Phi) is 6.97. The van der Waals surface area contributed by atoms with Crippen molar-refractivity contribution in [2.75, 3.05) is 0 Å². The summed E-state index contributed by atoms with van der Waals surface area (Å²) in [6.07, 6.45) is 0. The molecule has 0 aliphatic heterocycles. The largest absolute Gasteiger partial charge is 0.208 e. The molecular weight excluding hydrogens is 719 g/mol. The first-order valence-electron chi connectivity index (χ1n) is 18.8. The van der Waals surface area contributed by atoms with Crippen molar-refractivity contribution in [3.63, 3.8) is 0 Å². The molecule has 3 aromatic heterocycles. The second-order valence-corrected chi connectivity index (χ2v) is 16.5. The van der Waals surface area contributed by atoms with Crippen LogP contribution >= 0.6 is 22.7 Å². The fraction of sp³-hybridized carbons (Fsp3) is 0. The molecule has 0 atom stereocenters. The number of aromatic nitrogens is 3. The molecule has 0 aliphatic carbocycles. The molecule has 0 spiro atoms. The molecular formula is C51H29N3S2. The van der Waals surface area contributed by atoms with Gasteiger partial charge in [0, 0.05) is 57.0 Å². The van der Waals surface area contributed by atoms with Crippen molar-refractivity contribution >= 4 is 95.3 Å². The summed E-state index contributed by atoms with van der Waals surface area (Å²) in [5.41, 5.74) is 5.41. The Balaban J connectivity index is 1.04. The predicted octanol–water partition coefficient (Wildman–Crippen LogP) is 14.7. The highest BCUT2D eigenvalue weighted by molar-refractivity contribution is 7.26. The van der Waals surface area contributed by atoms with Crippen molar-refractivity contribution in [3.05, 3.63) is 176 Å². The summed E-state index contributed by atoms with van der Waals surface area (Å²) in [4.78, 5) is 15.5. The van der Waals surface area contributed by atoms with E-state index in [-0.39, 0.29) is 0 Å². The SMILES string of the molecule is c1ccc(-c2nc(-c3ccc4c(c3)sc3cccc(-c5ccc6c7ccccc7c7ccccc7c6c5)c34)nc(-c3cccc4sc5ccccc5c34)n2)cc1. The maximum absolute atomic E-state index is 5.22. The summed E-state index contributed by atoms with van der Waals surface area (Å²) >= 11 is 3.63. The Hall–Kier alpha value is -6.79. The van der Waals surface area contributed by atoms with Crippen molar-refractivity contribution in [1.29, 1.82) is 0 Å². The average molecular weight is 748 g/mol. The third kappa shape index (κ3) is 4.85. The van der Waals surface area contributed by atoms with Gasteiger partial charge in [-0.1, -0.05) is 146 Å². The molecule has 260 valence electrons. The average Bonchev–Trinajstić information content (AvgIpc) is 3.85. The standard InChI is InChI=1S/C51H29N3S2/c1-2-12-30(13-3-1)49-52-50(54-51(53-49)41-20-11-23-45-48(41)39-18-8-9-21-43(39)55-45)32-25-27-40-46(29-32)56-44-22-10-19-33(47(40)44)31-24-26-38-36-16-5-4-14-34(36)35-15-6-7-17-37(35)42(38)28-31/h1-29H. The van der Waals surface area contributed by atoms with Crippen molar-refractivity contribution in [2.45, 2.75) is 0 Å². The van der Waals surface area contributed by atoms with E-state index in [1.54, 1.807) is 11.3 Å². The Morgan fingerprint density at radius 3 is 1.48 bits per heavy atom. The minimum atomic E-state index is 0.664. The van der Waals surface area contributed by atoms with Gasteiger partial charge in [0.2, 0.25) is 0 Å². The van der Waals surface area contributed by atoms with E-state index in [9.17, 15) is 0 Å². The highest BCUT2D eigenvalue weighted by Crippen LogP contribution is 2.44. The molecule has 0 unspecified atom stereocenters. The van der Waals surface area contributed by atoms with E-state index in [4.69, 9.17) is 15.0 Å². The number of benzene rings is 9. The zero-order valence-corrected chi connectivity index (χ0v) is 31.5. The first-order chi connectivity index (χ1) is 27.7. The van der Waals surface area contributed by atoms with Crippen LogP contribution in [0.3, 0.4) is 0 Å². The Labute approximate surface area is 329 Å².